The Balaban J connectivity index is 2.44. The molecule has 0 amide bonds. The van der Waals surface area contributed by atoms with Crippen molar-refractivity contribution in [2.75, 3.05) is 0 Å². The van der Waals surface area contributed by atoms with Gasteiger partial charge in [0.25, 0.3) is 5.95 Å². The van der Waals surface area contributed by atoms with Gasteiger partial charge in [0.15, 0.2) is 5.82 Å². The normalized spacial score (nSPS) is 10.6. The van der Waals surface area contributed by atoms with Gasteiger partial charge < -0.3 is 5.73 Å². The molecule has 0 atom stereocenters. The van der Waals surface area contributed by atoms with E-state index in [9.17, 15) is 0 Å². The predicted molar refractivity (Wildman–Crippen MR) is 54.3 cm³/mol. The summed E-state index contributed by atoms with van der Waals surface area (Å²) in [4.78, 5) is 12.5. The van der Waals surface area contributed by atoms with E-state index in [1.54, 1.807) is 6.33 Å². The molecule has 2 aromatic heterocycles. The zero-order chi connectivity index (χ0) is 10.8. The molecular formula is C9H12N6. The minimum absolute atomic E-state index is 0.317. The number of hydrogen-bond donors (Lipinski definition) is 1. The first-order chi connectivity index (χ1) is 7.19. The smallest absolute Gasteiger partial charge is 0.252 e. The molecule has 0 saturated heterocycles. The van der Waals surface area contributed by atoms with Crippen molar-refractivity contribution in [3.05, 3.63) is 29.6 Å². The van der Waals surface area contributed by atoms with Gasteiger partial charge in [-0.1, -0.05) is 0 Å². The molecule has 0 aliphatic heterocycles. The molecule has 6 nitrogen and oxygen atoms in total. The Bertz CT molecular complexity index is 455. The van der Waals surface area contributed by atoms with Gasteiger partial charge in [-0.15, -0.1) is 5.10 Å². The van der Waals surface area contributed by atoms with Crippen LogP contribution in [0.3, 0.4) is 0 Å². The monoisotopic (exact) mass is 204 g/mol. The summed E-state index contributed by atoms with van der Waals surface area (Å²) < 4.78 is 1.53. The number of aryl methyl sites for hydroxylation is 2. The molecule has 2 rings (SSSR count). The largest absolute Gasteiger partial charge is 0.324 e. The first kappa shape index (κ1) is 9.72. The van der Waals surface area contributed by atoms with Crippen molar-refractivity contribution in [1.82, 2.24) is 24.7 Å². The van der Waals surface area contributed by atoms with E-state index in [-0.39, 0.29) is 0 Å². The van der Waals surface area contributed by atoms with Crippen molar-refractivity contribution in [3.8, 4) is 5.95 Å². The highest BCUT2D eigenvalue weighted by Gasteiger charge is 2.04. The summed E-state index contributed by atoms with van der Waals surface area (Å²) >= 11 is 0. The highest BCUT2D eigenvalue weighted by Crippen LogP contribution is 2.03. The lowest BCUT2D eigenvalue weighted by Gasteiger charge is -2.01. The second kappa shape index (κ2) is 3.74. The van der Waals surface area contributed by atoms with Gasteiger partial charge in [0, 0.05) is 11.4 Å². The minimum atomic E-state index is 0.317. The second-order valence-electron chi connectivity index (χ2n) is 3.26. The topological polar surface area (TPSA) is 82.5 Å². The number of aromatic nitrogens is 5. The summed E-state index contributed by atoms with van der Waals surface area (Å²) in [5.41, 5.74) is 7.23. The summed E-state index contributed by atoms with van der Waals surface area (Å²) in [6, 6.07) is 1.91. The zero-order valence-electron chi connectivity index (χ0n) is 8.68. The number of hydrogen-bond acceptors (Lipinski definition) is 5. The Kier molecular flexibility index (Phi) is 2.42. The lowest BCUT2D eigenvalue weighted by atomic mass is 10.4. The molecule has 2 heterocycles. The quantitative estimate of drug-likeness (QED) is 0.752. The Hall–Kier alpha value is -1.82. The van der Waals surface area contributed by atoms with E-state index >= 15 is 0 Å². The van der Waals surface area contributed by atoms with Crippen LogP contribution < -0.4 is 5.73 Å². The van der Waals surface area contributed by atoms with Gasteiger partial charge in [0.1, 0.15) is 6.33 Å². The second-order valence-corrected chi connectivity index (χ2v) is 3.26. The summed E-state index contributed by atoms with van der Waals surface area (Å²) in [5, 5.41) is 4.14. The summed E-state index contributed by atoms with van der Waals surface area (Å²) in [7, 11) is 0. The maximum Gasteiger partial charge on any atom is 0.252 e. The van der Waals surface area contributed by atoms with Crippen LogP contribution in [0.25, 0.3) is 5.95 Å². The van der Waals surface area contributed by atoms with Crippen LogP contribution in [-0.2, 0) is 6.54 Å². The maximum atomic E-state index is 5.42. The fourth-order valence-corrected chi connectivity index (χ4v) is 1.30. The molecule has 0 aliphatic rings. The van der Waals surface area contributed by atoms with Crippen molar-refractivity contribution in [3.63, 3.8) is 0 Å². The molecule has 0 radical (unpaired) electrons. The molecule has 0 aromatic carbocycles. The SMILES string of the molecule is Cc1cc(C)nc(-n2cnc(CN)n2)n1. The van der Waals surface area contributed by atoms with Crippen molar-refractivity contribution < 1.29 is 0 Å². The van der Waals surface area contributed by atoms with Crippen LogP contribution in [0, 0.1) is 13.8 Å². The van der Waals surface area contributed by atoms with E-state index in [1.165, 1.54) is 4.68 Å². The highest BCUT2D eigenvalue weighted by molar-refractivity contribution is 5.16. The molecular weight excluding hydrogens is 192 g/mol. The number of nitrogens with two attached hydrogens (primary N) is 1. The Labute approximate surface area is 87.2 Å². The number of rotatable bonds is 2. The van der Waals surface area contributed by atoms with E-state index in [4.69, 9.17) is 5.73 Å². The van der Waals surface area contributed by atoms with Gasteiger partial charge >= 0.3 is 0 Å². The predicted octanol–water partition coefficient (Wildman–Crippen LogP) is 0.133. The molecule has 2 aromatic rings. The van der Waals surface area contributed by atoms with Gasteiger partial charge in [-0.2, -0.15) is 4.68 Å². The fourth-order valence-electron chi connectivity index (χ4n) is 1.30. The molecule has 78 valence electrons. The molecule has 0 aliphatic carbocycles. The van der Waals surface area contributed by atoms with Crippen LogP contribution in [0.2, 0.25) is 0 Å². The van der Waals surface area contributed by atoms with Gasteiger partial charge in [-0.25, -0.2) is 15.0 Å². The van der Waals surface area contributed by atoms with E-state index in [1.807, 2.05) is 19.9 Å². The van der Waals surface area contributed by atoms with Crippen molar-refractivity contribution in [1.29, 1.82) is 0 Å². The zero-order valence-corrected chi connectivity index (χ0v) is 8.68. The summed E-state index contributed by atoms with van der Waals surface area (Å²) in [6.07, 6.45) is 1.57. The van der Waals surface area contributed by atoms with Crippen molar-refractivity contribution in [2.45, 2.75) is 20.4 Å². The number of nitrogens with zero attached hydrogens (tertiary/aromatic N) is 5. The van der Waals surface area contributed by atoms with Crippen LogP contribution in [0.4, 0.5) is 0 Å². The lowest BCUT2D eigenvalue weighted by Crippen LogP contribution is -2.06. The summed E-state index contributed by atoms with van der Waals surface area (Å²) in [5.74, 6) is 1.11. The minimum Gasteiger partial charge on any atom is -0.324 e. The van der Waals surface area contributed by atoms with E-state index in [0.29, 0.717) is 18.3 Å². The maximum absolute atomic E-state index is 5.42. The molecule has 6 heteroatoms. The third kappa shape index (κ3) is 1.99. The van der Waals surface area contributed by atoms with Gasteiger partial charge in [0.2, 0.25) is 0 Å². The van der Waals surface area contributed by atoms with Crippen molar-refractivity contribution >= 4 is 0 Å². The summed E-state index contributed by atoms with van der Waals surface area (Å²) in [6.45, 7) is 4.15. The highest BCUT2D eigenvalue weighted by atomic mass is 15.4. The molecule has 0 spiro atoms. The Morgan fingerprint density at radius 1 is 1.27 bits per heavy atom. The van der Waals surface area contributed by atoms with Gasteiger partial charge in [-0.3, -0.25) is 0 Å². The third-order valence-corrected chi connectivity index (χ3v) is 1.90. The van der Waals surface area contributed by atoms with Crippen LogP contribution >= 0.6 is 0 Å². The van der Waals surface area contributed by atoms with E-state index in [2.05, 4.69) is 20.1 Å². The van der Waals surface area contributed by atoms with E-state index < -0.39 is 0 Å². The van der Waals surface area contributed by atoms with Gasteiger partial charge in [0.05, 0.1) is 6.54 Å². The van der Waals surface area contributed by atoms with Gasteiger partial charge in [-0.05, 0) is 19.9 Å². The Morgan fingerprint density at radius 2 is 1.93 bits per heavy atom. The van der Waals surface area contributed by atoms with Crippen LogP contribution in [-0.4, -0.2) is 24.7 Å². The third-order valence-electron chi connectivity index (χ3n) is 1.90. The fraction of sp³-hybridized carbons (Fsp3) is 0.333. The molecule has 0 bridgehead atoms. The molecule has 0 fully saturated rings. The van der Waals surface area contributed by atoms with Crippen molar-refractivity contribution in [2.24, 2.45) is 5.73 Å². The molecule has 0 unspecified atom stereocenters. The first-order valence-corrected chi connectivity index (χ1v) is 4.62. The molecule has 0 saturated carbocycles. The average molecular weight is 204 g/mol. The van der Waals surface area contributed by atoms with Crippen LogP contribution in [0.15, 0.2) is 12.4 Å². The average Bonchev–Trinajstić information content (AvgIpc) is 2.64. The van der Waals surface area contributed by atoms with E-state index in [0.717, 1.165) is 11.4 Å². The van der Waals surface area contributed by atoms with Crippen LogP contribution in [0.1, 0.15) is 17.2 Å². The Morgan fingerprint density at radius 3 is 2.47 bits per heavy atom. The van der Waals surface area contributed by atoms with Crippen LogP contribution in [0.5, 0.6) is 0 Å². The molecule has 2 N–H and O–H groups in total. The standard InChI is InChI=1S/C9H12N6/c1-6-3-7(2)13-9(12-6)15-5-11-8(4-10)14-15/h3,5H,4,10H2,1-2H3. The molecule has 15 heavy (non-hydrogen) atoms. The lowest BCUT2D eigenvalue weighted by molar-refractivity contribution is 0.770. The first-order valence-electron chi connectivity index (χ1n) is 4.62.